The fourth-order valence-electron chi connectivity index (χ4n) is 3.30. The Kier molecular flexibility index (Phi) is 7.73. The smallest absolute Gasteiger partial charge is 0.258 e. The summed E-state index contributed by atoms with van der Waals surface area (Å²) in [6.07, 6.45) is 0.797. The molecular weight excluding hydrogens is 473 g/mol. The van der Waals surface area contributed by atoms with Gasteiger partial charge >= 0.3 is 0 Å². The van der Waals surface area contributed by atoms with Crippen LogP contribution in [0.5, 0.6) is 0 Å². The quantitative estimate of drug-likeness (QED) is 0.532. The summed E-state index contributed by atoms with van der Waals surface area (Å²) < 4.78 is 23.9. The first-order valence-electron chi connectivity index (χ1n) is 10.7. The first kappa shape index (κ1) is 24.4. The van der Waals surface area contributed by atoms with Crippen LogP contribution in [0.15, 0.2) is 54.7 Å². The number of halogens is 2. The molecule has 2 N–H and O–H groups in total. The van der Waals surface area contributed by atoms with Gasteiger partial charge in [0.05, 0.1) is 30.4 Å². The average Bonchev–Trinajstić information content (AvgIpc) is 2.86. The predicted octanol–water partition coefficient (Wildman–Crippen LogP) is 4.19. The summed E-state index contributed by atoms with van der Waals surface area (Å²) in [6, 6.07) is 12.4. The number of carbonyl (C=O) groups excluding carboxylic acids is 2. The van der Waals surface area contributed by atoms with Gasteiger partial charge in [0.15, 0.2) is 6.10 Å². The van der Waals surface area contributed by atoms with Gasteiger partial charge in [0.1, 0.15) is 11.6 Å². The fourth-order valence-corrected chi connectivity index (χ4v) is 3.50. The number of benzene rings is 2. The molecule has 1 fully saturated rings. The van der Waals surface area contributed by atoms with Crippen molar-refractivity contribution >= 4 is 34.9 Å². The zero-order valence-corrected chi connectivity index (χ0v) is 19.5. The van der Waals surface area contributed by atoms with E-state index < -0.39 is 12.0 Å². The Morgan fingerprint density at radius 2 is 1.91 bits per heavy atom. The molecule has 7 nitrogen and oxygen atoms in total. The number of anilines is 2. The molecule has 0 radical (unpaired) electrons. The van der Waals surface area contributed by atoms with Crippen molar-refractivity contribution in [2.75, 3.05) is 30.5 Å². The second-order valence-electron chi connectivity index (χ2n) is 7.72. The van der Waals surface area contributed by atoms with Crippen LogP contribution in [0, 0.1) is 24.6 Å². The van der Waals surface area contributed by atoms with Crippen molar-refractivity contribution in [2.45, 2.75) is 13.0 Å². The summed E-state index contributed by atoms with van der Waals surface area (Å²) >= 11 is 6.23. The van der Waals surface area contributed by atoms with Crippen LogP contribution in [0.3, 0.4) is 0 Å². The largest absolute Gasteiger partial charge is 0.376 e. The Morgan fingerprint density at radius 1 is 1.09 bits per heavy atom. The molecule has 2 amide bonds. The van der Waals surface area contributed by atoms with E-state index in [-0.39, 0.29) is 28.9 Å². The number of hydrogen-bond acceptors (Lipinski definition) is 5. The van der Waals surface area contributed by atoms with Gasteiger partial charge in [0.2, 0.25) is 0 Å². The fraction of sp³-hybridized carbons (Fsp3) is 0.192. The molecular formula is C26H21ClFN3O4. The highest BCUT2D eigenvalue weighted by atomic mass is 35.5. The van der Waals surface area contributed by atoms with Crippen LogP contribution >= 0.6 is 11.6 Å². The highest BCUT2D eigenvalue weighted by Gasteiger charge is 2.23. The van der Waals surface area contributed by atoms with E-state index in [2.05, 4.69) is 27.5 Å². The van der Waals surface area contributed by atoms with Gasteiger partial charge in [-0.3, -0.25) is 9.59 Å². The van der Waals surface area contributed by atoms with Crippen LogP contribution in [0.4, 0.5) is 15.9 Å². The number of pyridine rings is 1. The van der Waals surface area contributed by atoms with Crippen molar-refractivity contribution in [1.82, 2.24) is 4.98 Å². The zero-order chi connectivity index (χ0) is 24.8. The third-order valence-corrected chi connectivity index (χ3v) is 5.40. The Balaban J connectivity index is 1.45. The van der Waals surface area contributed by atoms with E-state index in [1.807, 2.05) is 0 Å². The van der Waals surface area contributed by atoms with E-state index in [9.17, 15) is 14.0 Å². The second kappa shape index (κ2) is 11.1. The SMILES string of the molecule is Cc1cc(C#Cc2cccc(F)c2)cnc1NC(=O)c1cc(NC(=O)C2COCCO2)ccc1Cl. The lowest BCUT2D eigenvalue weighted by atomic mass is 10.1. The van der Waals surface area contributed by atoms with Crippen molar-refractivity contribution in [3.63, 3.8) is 0 Å². The molecule has 1 aliphatic heterocycles. The molecule has 0 bridgehead atoms. The lowest BCUT2D eigenvalue weighted by Gasteiger charge is -2.22. The maximum Gasteiger partial charge on any atom is 0.258 e. The summed E-state index contributed by atoms with van der Waals surface area (Å²) in [5.74, 6) is 4.93. The first-order valence-corrected chi connectivity index (χ1v) is 11.1. The highest BCUT2D eigenvalue weighted by Crippen LogP contribution is 2.23. The van der Waals surface area contributed by atoms with Gasteiger partial charge in [-0.25, -0.2) is 9.37 Å². The van der Waals surface area contributed by atoms with Gasteiger partial charge in [0.25, 0.3) is 11.8 Å². The van der Waals surface area contributed by atoms with Crippen LogP contribution in [-0.2, 0) is 14.3 Å². The number of aryl methyl sites for hydroxylation is 1. The number of amides is 2. The summed E-state index contributed by atoms with van der Waals surface area (Å²) in [5, 5.41) is 5.66. The minimum Gasteiger partial charge on any atom is -0.376 e. The summed E-state index contributed by atoms with van der Waals surface area (Å²) in [7, 11) is 0. The summed E-state index contributed by atoms with van der Waals surface area (Å²) in [5.41, 5.74) is 2.40. The molecule has 178 valence electrons. The molecule has 0 saturated carbocycles. The van der Waals surface area contributed by atoms with Crippen LogP contribution < -0.4 is 10.6 Å². The lowest BCUT2D eigenvalue weighted by molar-refractivity contribution is -0.142. The van der Waals surface area contributed by atoms with Crippen molar-refractivity contribution in [3.05, 3.63) is 87.8 Å². The molecule has 0 spiro atoms. The lowest BCUT2D eigenvalue weighted by Crippen LogP contribution is -2.39. The third kappa shape index (κ3) is 6.43. The number of nitrogens with zero attached hydrogens (tertiary/aromatic N) is 1. The van der Waals surface area contributed by atoms with Crippen molar-refractivity contribution in [1.29, 1.82) is 0 Å². The molecule has 1 atom stereocenters. The molecule has 9 heteroatoms. The van der Waals surface area contributed by atoms with E-state index in [1.165, 1.54) is 30.5 Å². The molecule has 1 aliphatic rings. The standard InChI is InChI=1S/C26H21ClFN3O4/c1-16-11-18(6-5-17-3-2-4-19(28)12-17)14-29-24(16)31-25(32)21-13-20(7-8-22(21)27)30-26(33)23-15-34-9-10-35-23/h2-4,7-8,11-14,23H,9-10,15H2,1H3,(H,30,33)(H,29,31,32). The maximum atomic E-state index is 13.3. The molecule has 35 heavy (non-hydrogen) atoms. The number of ether oxygens (including phenoxy) is 2. The molecule has 1 unspecified atom stereocenters. The number of rotatable bonds is 4. The molecule has 1 aromatic heterocycles. The second-order valence-corrected chi connectivity index (χ2v) is 8.13. The van der Waals surface area contributed by atoms with Gasteiger partial charge in [-0.05, 0) is 55.0 Å². The Bertz CT molecular complexity index is 1330. The average molecular weight is 494 g/mol. The minimum atomic E-state index is -0.717. The van der Waals surface area contributed by atoms with E-state index in [4.69, 9.17) is 21.1 Å². The minimum absolute atomic E-state index is 0.167. The predicted molar refractivity (Wildman–Crippen MR) is 130 cm³/mol. The summed E-state index contributed by atoms with van der Waals surface area (Å²) in [6.45, 7) is 2.73. The molecule has 0 aliphatic carbocycles. The van der Waals surface area contributed by atoms with E-state index in [0.29, 0.717) is 41.4 Å². The van der Waals surface area contributed by atoms with Gasteiger partial charge in [-0.1, -0.05) is 29.5 Å². The van der Waals surface area contributed by atoms with Gasteiger partial charge in [-0.2, -0.15) is 0 Å². The Hall–Kier alpha value is -3.77. The van der Waals surface area contributed by atoms with Crippen LogP contribution in [0.2, 0.25) is 5.02 Å². The molecule has 2 heterocycles. The first-order chi connectivity index (χ1) is 16.9. The third-order valence-electron chi connectivity index (χ3n) is 5.07. The van der Waals surface area contributed by atoms with Crippen LogP contribution in [0.1, 0.15) is 27.0 Å². The molecule has 2 aromatic carbocycles. The number of carbonyl (C=O) groups is 2. The van der Waals surface area contributed by atoms with Crippen molar-refractivity contribution in [3.8, 4) is 11.8 Å². The summed E-state index contributed by atoms with van der Waals surface area (Å²) in [4.78, 5) is 29.6. The Labute approximate surface area is 206 Å². The highest BCUT2D eigenvalue weighted by molar-refractivity contribution is 6.34. The number of nitrogens with one attached hydrogen (secondary N) is 2. The van der Waals surface area contributed by atoms with Crippen LogP contribution in [-0.4, -0.2) is 42.7 Å². The van der Waals surface area contributed by atoms with E-state index in [0.717, 1.165) is 0 Å². The van der Waals surface area contributed by atoms with Gasteiger partial charge in [0, 0.05) is 23.0 Å². The maximum absolute atomic E-state index is 13.3. The van der Waals surface area contributed by atoms with E-state index >= 15 is 0 Å². The topological polar surface area (TPSA) is 89.6 Å². The van der Waals surface area contributed by atoms with Gasteiger partial charge in [-0.15, -0.1) is 0 Å². The normalized spacial score (nSPS) is 15.0. The van der Waals surface area contributed by atoms with Crippen LogP contribution in [0.25, 0.3) is 0 Å². The van der Waals surface area contributed by atoms with Gasteiger partial charge < -0.3 is 20.1 Å². The number of hydrogen-bond donors (Lipinski definition) is 2. The molecule has 3 aromatic rings. The monoisotopic (exact) mass is 493 g/mol. The van der Waals surface area contributed by atoms with Crippen molar-refractivity contribution in [2.24, 2.45) is 0 Å². The Morgan fingerprint density at radius 3 is 2.66 bits per heavy atom. The molecule has 1 saturated heterocycles. The van der Waals surface area contributed by atoms with E-state index in [1.54, 1.807) is 31.2 Å². The molecule has 4 rings (SSSR count). The van der Waals surface area contributed by atoms with Crippen molar-refractivity contribution < 1.29 is 23.5 Å². The zero-order valence-electron chi connectivity index (χ0n) is 18.7. The number of aromatic nitrogens is 1.